The van der Waals surface area contributed by atoms with Gasteiger partial charge in [0.15, 0.2) is 0 Å². The Hall–Kier alpha value is -1.55. The molecule has 0 bridgehead atoms. The average molecular weight is 276 g/mol. The van der Waals surface area contributed by atoms with Crippen molar-refractivity contribution < 1.29 is 9.53 Å². The molecule has 4 nitrogen and oxygen atoms in total. The van der Waals surface area contributed by atoms with Crippen LogP contribution in [0.3, 0.4) is 0 Å². The van der Waals surface area contributed by atoms with E-state index < -0.39 is 6.10 Å². The number of ether oxygens (including phenoxy) is 1. The molecule has 1 fully saturated rings. The highest BCUT2D eigenvalue weighted by molar-refractivity contribution is 5.94. The first-order valence-corrected chi connectivity index (χ1v) is 7.15. The summed E-state index contributed by atoms with van der Waals surface area (Å²) >= 11 is 0. The predicted octanol–water partition coefficient (Wildman–Crippen LogP) is 3.26. The Morgan fingerprint density at radius 1 is 1.30 bits per heavy atom. The van der Waals surface area contributed by atoms with Crippen LogP contribution in [0, 0.1) is 5.41 Å². The third-order valence-electron chi connectivity index (χ3n) is 4.32. The van der Waals surface area contributed by atoms with E-state index in [9.17, 15) is 4.79 Å². The van der Waals surface area contributed by atoms with Crippen molar-refractivity contribution in [2.24, 2.45) is 5.41 Å². The van der Waals surface area contributed by atoms with E-state index in [2.05, 4.69) is 24.5 Å². The molecule has 4 heteroatoms. The van der Waals surface area contributed by atoms with E-state index >= 15 is 0 Å². The summed E-state index contributed by atoms with van der Waals surface area (Å²) in [6, 6.07) is 8.25. The number of methoxy groups -OCH3 is 1. The predicted molar refractivity (Wildman–Crippen MR) is 82.0 cm³/mol. The molecule has 1 aliphatic carbocycles. The maximum Gasteiger partial charge on any atom is 0.253 e. The lowest BCUT2D eigenvalue weighted by Crippen LogP contribution is -2.27. The summed E-state index contributed by atoms with van der Waals surface area (Å²) in [4.78, 5) is 11.8. The van der Waals surface area contributed by atoms with Crippen LogP contribution >= 0.6 is 0 Å². The Morgan fingerprint density at radius 3 is 2.55 bits per heavy atom. The van der Waals surface area contributed by atoms with Crippen molar-refractivity contribution in [3.63, 3.8) is 0 Å². The van der Waals surface area contributed by atoms with Crippen molar-refractivity contribution in [1.82, 2.24) is 0 Å². The minimum Gasteiger partial charge on any atom is -0.382 e. The first kappa shape index (κ1) is 14.9. The van der Waals surface area contributed by atoms with Crippen molar-refractivity contribution in [2.75, 3.05) is 17.7 Å². The topological polar surface area (TPSA) is 50.4 Å². The lowest BCUT2D eigenvalue weighted by atomic mass is 10.0. The van der Waals surface area contributed by atoms with Crippen LogP contribution in [0.15, 0.2) is 24.3 Å². The lowest BCUT2D eigenvalue weighted by Gasteiger charge is -2.22. The van der Waals surface area contributed by atoms with Crippen LogP contribution in [0.4, 0.5) is 11.4 Å². The normalized spacial score (nSPS) is 19.0. The Balaban J connectivity index is 1.99. The number of nitrogens with one attached hydrogen (secondary N) is 2. The molecule has 1 aliphatic rings. The van der Waals surface area contributed by atoms with Gasteiger partial charge in [-0.2, -0.15) is 0 Å². The van der Waals surface area contributed by atoms with E-state index in [0.717, 1.165) is 11.4 Å². The summed E-state index contributed by atoms with van der Waals surface area (Å²) in [5.41, 5.74) is 2.25. The number of hydrogen-bond acceptors (Lipinski definition) is 3. The Bertz CT molecular complexity index is 483. The van der Waals surface area contributed by atoms with Gasteiger partial charge in [0.05, 0.1) is 0 Å². The SMILES string of the molecule is COC(C)C(=O)Nc1cccc(NC(C)C2(C)CC2)c1. The second kappa shape index (κ2) is 5.83. The molecule has 110 valence electrons. The Labute approximate surface area is 120 Å². The fourth-order valence-corrected chi connectivity index (χ4v) is 2.09. The molecule has 1 amide bonds. The van der Waals surface area contributed by atoms with E-state index in [4.69, 9.17) is 4.74 Å². The minimum absolute atomic E-state index is 0.133. The van der Waals surface area contributed by atoms with E-state index in [0.29, 0.717) is 11.5 Å². The number of anilines is 2. The van der Waals surface area contributed by atoms with Gasteiger partial charge in [-0.25, -0.2) is 0 Å². The van der Waals surface area contributed by atoms with Crippen molar-refractivity contribution in [3.8, 4) is 0 Å². The summed E-state index contributed by atoms with van der Waals surface area (Å²) in [6.07, 6.45) is 2.11. The maximum atomic E-state index is 11.8. The van der Waals surface area contributed by atoms with Gasteiger partial charge in [0.25, 0.3) is 5.91 Å². The lowest BCUT2D eigenvalue weighted by molar-refractivity contribution is -0.124. The van der Waals surface area contributed by atoms with Gasteiger partial charge < -0.3 is 15.4 Å². The molecule has 2 rings (SSSR count). The van der Waals surface area contributed by atoms with Crippen LogP contribution in [-0.2, 0) is 9.53 Å². The summed E-state index contributed by atoms with van der Waals surface area (Å²) < 4.78 is 5.00. The van der Waals surface area contributed by atoms with Crippen molar-refractivity contribution in [3.05, 3.63) is 24.3 Å². The largest absolute Gasteiger partial charge is 0.382 e. The van der Waals surface area contributed by atoms with E-state index in [1.54, 1.807) is 6.92 Å². The first-order chi connectivity index (χ1) is 9.44. The van der Waals surface area contributed by atoms with Gasteiger partial charge in [0, 0.05) is 24.5 Å². The molecule has 0 aliphatic heterocycles. The molecule has 2 atom stereocenters. The van der Waals surface area contributed by atoms with Gasteiger partial charge in [0.2, 0.25) is 0 Å². The zero-order valence-electron chi connectivity index (χ0n) is 12.7. The van der Waals surface area contributed by atoms with Crippen molar-refractivity contribution >= 4 is 17.3 Å². The van der Waals surface area contributed by atoms with Gasteiger partial charge in [0.1, 0.15) is 6.10 Å². The van der Waals surface area contributed by atoms with Crippen LogP contribution in [0.2, 0.25) is 0 Å². The molecule has 0 saturated heterocycles. The van der Waals surface area contributed by atoms with Crippen molar-refractivity contribution in [2.45, 2.75) is 45.8 Å². The highest BCUT2D eigenvalue weighted by Gasteiger charge is 2.42. The van der Waals surface area contributed by atoms with Gasteiger partial charge in [-0.15, -0.1) is 0 Å². The first-order valence-electron chi connectivity index (χ1n) is 7.15. The standard InChI is InChI=1S/C16H24N2O2/c1-11(20-4)15(19)18-14-7-5-6-13(10-14)17-12(2)16(3)8-9-16/h5-7,10-12,17H,8-9H2,1-4H3,(H,18,19). The van der Waals surface area contributed by atoms with Gasteiger partial charge in [-0.1, -0.05) is 13.0 Å². The second-order valence-electron chi connectivity index (χ2n) is 5.97. The highest BCUT2D eigenvalue weighted by atomic mass is 16.5. The fourth-order valence-electron chi connectivity index (χ4n) is 2.09. The quantitative estimate of drug-likeness (QED) is 0.838. The number of carbonyl (C=O) groups is 1. The molecule has 0 heterocycles. The van der Waals surface area contributed by atoms with E-state index in [1.807, 2.05) is 24.3 Å². The van der Waals surface area contributed by atoms with Gasteiger partial charge in [-0.3, -0.25) is 4.79 Å². The molecular formula is C16H24N2O2. The number of rotatable bonds is 6. The molecule has 1 aromatic carbocycles. The Morgan fingerprint density at radius 2 is 1.95 bits per heavy atom. The summed E-state index contributed by atoms with van der Waals surface area (Å²) in [7, 11) is 1.53. The number of carbonyl (C=O) groups excluding carboxylic acids is 1. The molecule has 1 saturated carbocycles. The van der Waals surface area contributed by atoms with E-state index in [1.165, 1.54) is 20.0 Å². The zero-order valence-corrected chi connectivity index (χ0v) is 12.7. The van der Waals surface area contributed by atoms with Crippen molar-refractivity contribution in [1.29, 1.82) is 0 Å². The zero-order chi connectivity index (χ0) is 14.8. The number of hydrogen-bond donors (Lipinski definition) is 2. The average Bonchev–Trinajstić information content (AvgIpc) is 3.17. The molecule has 2 N–H and O–H groups in total. The molecule has 0 aromatic heterocycles. The summed E-state index contributed by atoms with van der Waals surface area (Å²) in [5, 5.41) is 6.38. The van der Waals surface area contributed by atoms with Crippen LogP contribution in [0.5, 0.6) is 0 Å². The van der Waals surface area contributed by atoms with Gasteiger partial charge in [-0.05, 0) is 50.3 Å². The molecule has 1 aromatic rings. The third kappa shape index (κ3) is 3.51. The van der Waals surface area contributed by atoms with Crippen LogP contribution in [0.1, 0.15) is 33.6 Å². The molecular weight excluding hydrogens is 252 g/mol. The minimum atomic E-state index is -0.448. The molecule has 20 heavy (non-hydrogen) atoms. The van der Waals surface area contributed by atoms with Crippen LogP contribution in [0.25, 0.3) is 0 Å². The van der Waals surface area contributed by atoms with E-state index in [-0.39, 0.29) is 5.91 Å². The van der Waals surface area contributed by atoms with Crippen LogP contribution < -0.4 is 10.6 Å². The molecule has 0 spiro atoms. The maximum absolute atomic E-state index is 11.8. The molecule has 0 radical (unpaired) electrons. The number of amides is 1. The molecule has 2 unspecified atom stereocenters. The van der Waals surface area contributed by atoms with Gasteiger partial charge >= 0.3 is 0 Å². The smallest absolute Gasteiger partial charge is 0.253 e. The summed E-state index contributed by atoms with van der Waals surface area (Å²) in [6.45, 7) is 6.25. The third-order valence-corrected chi connectivity index (χ3v) is 4.32. The number of benzene rings is 1. The second-order valence-corrected chi connectivity index (χ2v) is 5.97. The highest BCUT2D eigenvalue weighted by Crippen LogP contribution is 2.48. The Kier molecular flexibility index (Phi) is 4.33. The fraction of sp³-hybridized carbons (Fsp3) is 0.562. The van der Waals surface area contributed by atoms with Crippen LogP contribution in [-0.4, -0.2) is 25.2 Å². The monoisotopic (exact) mass is 276 g/mol. The summed E-state index contributed by atoms with van der Waals surface area (Å²) in [5.74, 6) is -0.133.